The van der Waals surface area contributed by atoms with Gasteiger partial charge in [-0.05, 0) is 25.1 Å². The van der Waals surface area contributed by atoms with Gasteiger partial charge in [0.2, 0.25) is 0 Å². The van der Waals surface area contributed by atoms with Crippen LogP contribution in [0.25, 0.3) is 16.2 Å². The first-order valence-electron chi connectivity index (χ1n) is 6.34. The molecule has 5 nitrogen and oxygen atoms in total. The molecule has 1 aromatic carbocycles. The molecule has 2 heterocycles. The second-order valence-electron chi connectivity index (χ2n) is 4.53. The Bertz CT molecular complexity index is 820. The summed E-state index contributed by atoms with van der Waals surface area (Å²) in [7, 11) is 3.17. The molecule has 0 aliphatic carbocycles. The summed E-state index contributed by atoms with van der Waals surface area (Å²) in [6, 6.07) is 5.50. The average molecular weight is 302 g/mol. The quantitative estimate of drug-likeness (QED) is 0.694. The van der Waals surface area contributed by atoms with Crippen LogP contribution in [0.1, 0.15) is 15.4 Å². The number of methoxy groups -OCH3 is 2. The number of aryl methyl sites for hydroxylation is 1. The number of benzene rings is 1. The second kappa shape index (κ2) is 5.21. The highest BCUT2D eigenvalue weighted by Gasteiger charge is 2.17. The summed E-state index contributed by atoms with van der Waals surface area (Å²) in [6.45, 7) is 1.99. The van der Waals surface area contributed by atoms with Crippen molar-refractivity contribution in [3.05, 3.63) is 35.0 Å². The van der Waals surface area contributed by atoms with Crippen LogP contribution in [0.2, 0.25) is 0 Å². The molecule has 3 rings (SSSR count). The van der Waals surface area contributed by atoms with Crippen LogP contribution in [-0.4, -0.2) is 29.9 Å². The van der Waals surface area contributed by atoms with E-state index in [1.165, 1.54) is 0 Å². The number of fused-ring (bicyclic) bond motifs is 1. The molecule has 0 N–H and O–H groups in total. The first kappa shape index (κ1) is 13.6. The number of ether oxygens (including phenoxy) is 2. The molecule has 0 atom stereocenters. The number of nitrogens with zero attached hydrogens (tertiary/aromatic N) is 2. The third kappa shape index (κ3) is 2.17. The molecular formula is C15H14N2O3S. The fraction of sp³-hybridized carbons (Fsp3) is 0.200. The maximum atomic E-state index is 11.5. The molecule has 0 unspecified atom stereocenters. The van der Waals surface area contributed by atoms with E-state index in [1.807, 2.05) is 29.7 Å². The van der Waals surface area contributed by atoms with Gasteiger partial charge in [0, 0.05) is 16.6 Å². The molecule has 0 spiro atoms. The molecule has 0 fully saturated rings. The zero-order chi connectivity index (χ0) is 15.0. The van der Waals surface area contributed by atoms with Crippen LogP contribution in [-0.2, 0) is 0 Å². The van der Waals surface area contributed by atoms with E-state index < -0.39 is 0 Å². The van der Waals surface area contributed by atoms with E-state index >= 15 is 0 Å². The predicted molar refractivity (Wildman–Crippen MR) is 81.7 cm³/mol. The fourth-order valence-electron chi connectivity index (χ4n) is 2.28. The van der Waals surface area contributed by atoms with Crippen molar-refractivity contribution in [3.8, 4) is 22.8 Å². The maximum Gasteiger partial charge on any atom is 0.195 e. The normalized spacial score (nSPS) is 10.8. The van der Waals surface area contributed by atoms with E-state index in [9.17, 15) is 4.79 Å². The Morgan fingerprint density at radius 1 is 1.24 bits per heavy atom. The highest BCUT2D eigenvalue weighted by Crippen LogP contribution is 2.34. The van der Waals surface area contributed by atoms with Crippen molar-refractivity contribution in [2.75, 3.05) is 14.2 Å². The minimum absolute atomic E-state index is 0.543. The number of thiazole rings is 1. The molecule has 0 saturated heterocycles. The molecule has 6 heteroatoms. The molecule has 0 bridgehead atoms. The number of carbonyl (C=O) groups is 1. The zero-order valence-electron chi connectivity index (χ0n) is 11.9. The monoisotopic (exact) mass is 302 g/mol. The third-order valence-electron chi connectivity index (χ3n) is 3.25. The molecule has 3 aromatic rings. The Labute approximate surface area is 125 Å². The zero-order valence-corrected chi connectivity index (χ0v) is 12.7. The van der Waals surface area contributed by atoms with Crippen molar-refractivity contribution < 1.29 is 14.3 Å². The molecule has 0 saturated carbocycles. The SMILES string of the molecule is COc1ccc(-c2nc3sc(C)cn3c2C=O)cc1OC. The van der Waals surface area contributed by atoms with E-state index in [2.05, 4.69) is 4.98 Å². The van der Waals surface area contributed by atoms with Crippen LogP contribution in [0, 0.1) is 6.92 Å². The van der Waals surface area contributed by atoms with Crippen LogP contribution in [0.3, 0.4) is 0 Å². The van der Waals surface area contributed by atoms with E-state index in [0.29, 0.717) is 22.9 Å². The van der Waals surface area contributed by atoms with E-state index in [-0.39, 0.29) is 0 Å². The lowest BCUT2D eigenvalue weighted by Gasteiger charge is -2.08. The summed E-state index contributed by atoms with van der Waals surface area (Å²) < 4.78 is 12.3. The number of aromatic nitrogens is 2. The Morgan fingerprint density at radius 3 is 2.67 bits per heavy atom. The van der Waals surface area contributed by atoms with Crippen molar-refractivity contribution in [2.45, 2.75) is 6.92 Å². The molecule has 0 aliphatic rings. The van der Waals surface area contributed by atoms with Crippen LogP contribution in [0.4, 0.5) is 0 Å². The number of rotatable bonds is 4. The number of aldehydes is 1. The first-order valence-corrected chi connectivity index (χ1v) is 7.15. The summed E-state index contributed by atoms with van der Waals surface area (Å²) in [6.07, 6.45) is 2.75. The van der Waals surface area contributed by atoms with Crippen molar-refractivity contribution in [1.29, 1.82) is 0 Å². The van der Waals surface area contributed by atoms with Gasteiger partial charge in [-0.25, -0.2) is 4.98 Å². The van der Waals surface area contributed by atoms with Gasteiger partial charge in [0.25, 0.3) is 0 Å². The van der Waals surface area contributed by atoms with Gasteiger partial charge in [-0.2, -0.15) is 0 Å². The van der Waals surface area contributed by atoms with Gasteiger partial charge in [-0.15, -0.1) is 11.3 Å². The van der Waals surface area contributed by atoms with Gasteiger partial charge in [0.05, 0.1) is 14.2 Å². The maximum absolute atomic E-state index is 11.5. The largest absolute Gasteiger partial charge is 0.493 e. The molecule has 0 amide bonds. The van der Waals surface area contributed by atoms with E-state index in [0.717, 1.165) is 21.7 Å². The average Bonchev–Trinajstić information content (AvgIpc) is 3.01. The lowest BCUT2D eigenvalue weighted by atomic mass is 10.1. The topological polar surface area (TPSA) is 52.8 Å². The Kier molecular flexibility index (Phi) is 3.39. The Hall–Kier alpha value is -2.34. The lowest BCUT2D eigenvalue weighted by molar-refractivity contribution is 0.111. The minimum Gasteiger partial charge on any atom is -0.493 e. The summed E-state index contributed by atoms with van der Waals surface area (Å²) in [5.41, 5.74) is 2.02. The van der Waals surface area contributed by atoms with E-state index in [1.54, 1.807) is 31.6 Å². The van der Waals surface area contributed by atoms with Crippen molar-refractivity contribution in [2.24, 2.45) is 0 Å². The summed E-state index contributed by atoms with van der Waals surface area (Å²) in [5, 5.41) is 0. The van der Waals surface area contributed by atoms with E-state index in [4.69, 9.17) is 9.47 Å². The van der Waals surface area contributed by atoms with Crippen LogP contribution >= 0.6 is 11.3 Å². The minimum atomic E-state index is 0.543. The van der Waals surface area contributed by atoms with Gasteiger partial charge in [0.1, 0.15) is 11.4 Å². The van der Waals surface area contributed by atoms with Crippen molar-refractivity contribution >= 4 is 22.6 Å². The van der Waals surface area contributed by atoms with Crippen LogP contribution in [0.15, 0.2) is 24.4 Å². The van der Waals surface area contributed by atoms with Crippen molar-refractivity contribution in [3.63, 3.8) is 0 Å². The standard InChI is InChI=1S/C15H14N2O3S/c1-9-7-17-11(8-18)14(16-15(17)21-9)10-4-5-12(19-2)13(6-10)20-3/h4-8H,1-3H3. The third-order valence-corrected chi connectivity index (χ3v) is 4.15. The van der Waals surface area contributed by atoms with Gasteiger partial charge < -0.3 is 9.47 Å². The molecule has 0 radical (unpaired) electrons. The van der Waals surface area contributed by atoms with Gasteiger partial charge in [-0.1, -0.05) is 0 Å². The highest BCUT2D eigenvalue weighted by atomic mass is 32.1. The lowest BCUT2D eigenvalue weighted by Crippen LogP contribution is -1.93. The number of hydrogen-bond donors (Lipinski definition) is 0. The Morgan fingerprint density at radius 2 is 2.00 bits per heavy atom. The Balaban J connectivity index is 2.20. The highest BCUT2D eigenvalue weighted by molar-refractivity contribution is 7.17. The van der Waals surface area contributed by atoms with Crippen molar-refractivity contribution in [1.82, 2.24) is 9.38 Å². The molecule has 108 valence electrons. The van der Waals surface area contributed by atoms with Gasteiger partial charge in [-0.3, -0.25) is 9.20 Å². The predicted octanol–water partition coefficient (Wildman–Crippen LogP) is 3.20. The smallest absolute Gasteiger partial charge is 0.195 e. The molecule has 0 aliphatic heterocycles. The number of imidazole rings is 1. The fourth-order valence-corrected chi connectivity index (χ4v) is 3.11. The second-order valence-corrected chi connectivity index (χ2v) is 5.74. The molecule has 21 heavy (non-hydrogen) atoms. The first-order chi connectivity index (χ1) is 10.2. The number of hydrogen-bond acceptors (Lipinski definition) is 5. The summed E-state index contributed by atoms with van der Waals surface area (Å²) >= 11 is 1.55. The van der Waals surface area contributed by atoms with Gasteiger partial charge in [0.15, 0.2) is 22.7 Å². The molecule has 2 aromatic heterocycles. The summed E-state index contributed by atoms with van der Waals surface area (Å²) in [4.78, 5) is 17.9. The molecular weight excluding hydrogens is 288 g/mol. The van der Waals surface area contributed by atoms with Crippen LogP contribution < -0.4 is 9.47 Å². The summed E-state index contributed by atoms with van der Waals surface area (Å²) in [5.74, 6) is 1.25. The number of carbonyl (C=O) groups excluding carboxylic acids is 1. The van der Waals surface area contributed by atoms with Gasteiger partial charge >= 0.3 is 0 Å². The van der Waals surface area contributed by atoms with Crippen LogP contribution in [0.5, 0.6) is 11.5 Å².